The Morgan fingerprint density at radius 3 is 2.81 bits per heavy atom. The normalized spacial score (nSPS) is 11.6. The van der Waals surface area contributed by atoms with E-state index in [2.05, 4.69) is 5.32 Å². The predicted octanol–water partition coefficient (Wildman–Crippen LogP) is 2.66. The molecule has 0 aliphatic carbocycles. The maximum absolute atomic E-state index is 13.1. The number of thiophene rings is 1. The Hall–Kier alpha value is -2.74. The van der Waals surface area contributed by atoms with Crippen LogP contribution < -0.4 is 19.7 Å². The van der Waals surface area contributed by atoms with Gasteiger partial charge in [-0.3, -0.25) is 0 Å². The van der Waals surface area contributed by atoms with Gasteiger partial charge in [0.2, 0.25) is 5.70 Å². The summed E-state index contributed by atoms with van der Waals surface area (Å²) < 4.78 is 6.87. The summed E-state index contributed by atoms with van der Waals surface area (Å²) in [5.74, 6) is 0.495. The molecule has 0 unspecified atom stereocenters. The number of rotatable bonds is 6. The van der Waals surface area contributed by atoms with Crippen molar-refractivity contribution >= 4 is 45.7 Å². The van der Waals surface area contributed by atoms with Gasteiger partial charge in [-0.15, -0.1) is 11.3 Å². The molecule has 0 aliphatic heterocycles. The number of ether oxygens (including phenoxy) is 1. The summed E-state index contributed by atoms with van der Waals surface area (Å²) in [6.07, 6.45) is 3.43. The Kier molecular flexibility index (Phi) is 6.18. The van der Waals surface area contributed by atoms with Crippen LogP contribution in [0.3, 0.4) is 0 Å². The van der Waals surface area contributed by atoms with Gasteiger partial charge in [-0.25, -0.2) is 0 Å². The quantitative estimate of drug-likeness (QED) is 0.289. The van der Waals surface area contributed by atoms with Crippen LogP contribution >= 0.6 is 23.6 Å². The van der Waals surface area contributed by atoms with E-state index in [-0.39, 0.29) is 17.4 Å². The van der Waals surface area contributed by atoms with Crippen LogP contribution in [0.15, 0.2) is 66.3 Å². The van der Waals surface area contributed by atoms with Crippen LogP contribution in [-0.4, -0.2) is 17.2 Å². The predicted molar refractivity (Wildman–Crippen MR) is 109 cm³/mol. The molecule has 0 spiro atoms. The fraction of sp³-hybridized carbons (Fsp3) is 0.100. The third-order valence-corrected chi connectivity index (χ3v) is 4.97. The van der Waals surface area contributed by atoms with E-state index in [0.717, 1.165) is 5.69 Å². The number of thiocarbonyl (C=S) groups is 1. The number of hydrogen-bond acceptors (Lipinski definition) is 5. The first-order valence-corrected chi connectivity index (χ1v) is 9.43. The van der Waals surface area contributed by atoms with Crippen LogP contribution in [-0.2, 0) is 6.61 Å². The standard InChI is InChI=1S/C20H18N2O3S2/c1-25-16-7-2-6-15(11-16)21-20(26)18(19(24)17-8-4-10-27-17)22-9-3-5-14(12-22)13-23/h2-12,23H,13H2,1H3,(H-,21,24,26). The van der Waals surface area contributed by atoms with Crippen LogP contribution in [0.1, 0.15) is 10.4 Å². The third kappa shape index (κ3) is 4.51. The Bertz CT molecular complexity index is 969. The summed E-state index contributed by atoms with van der Waals surface area (Å²) >= 11 is 6.91. The lowest BCUT2D eigenvalue weighted by atomic mass is 10.2. The smallest absolute Gasteiger partial charge is 0.239 e. The lowest BCUT2D eigenvalue weighted by Gasteiger charge is -2.16. The van der Waals surface area contributed by atoms with Crippen molar-refractivity contribution in [1.82, 2.24) is 0 Å². The topological polar surface area (TPSA) is 68.4 Å². The van der Waals surface area contributed by atoms with Crippen LogP contribution in [0, 0.1) is 0 Å². The van der Waals surface area contributed by atoms with Crippen molar-refractivity contribution < 1.29 is 19.5 Å². The molecule has 0 fully saturated rings. The fourth-order valence-corrected chi connectivity index (χ4v) is 3.49. The molecule has 3 aromatic rings. The molecule has 0 saturated heterocycles. The van der Waals surface area contributed by atoms with Crippen LogP contribution in [0.5, 0.6) is 5.75 Å². The van der Waals surface area contributed by atoms with Crippen LogP contribution in [0.2, 0.25) is 0 Å². The zero-order valence-corrected chi connectivity index (χ0v) is 16.2. The Morgan fingerprint density at radius 1 is 1.26 bits per heavy atom. The first-order valence-electron chi connectivity index (χ1n) is 8.14. The summed E-state index contributed by atoms with van der Waals surface area (Å²) in [7, 11) is 1.59. The average Bonchev–Trinajstić information content (AvgIpc) is 3.23. The zero-order valence-electron chi connectivity index (χ0n) is 14.6. The Morgan fingerprint density at radius 2 is 2.11 bits per heavy atom. The van der Waals surface area contributed by atoms with Crippen LogP contribution in [0.25, 0.3) is 11.5 Å². The molecule has 138 valence electrons. The molecule has 27 heavy (non-hydrogen) atoms. The number of benzene rings is 1. The Labute approximate surface area is 166 Å². The van der Waals surface area contributed by atoms with Crippen molar-refractivity contribution in [3.63, 3.8) is 0 Å². The van der Waals surface area contributed by atoms with Gasteiger partial charge in [-0.1, -0.05) is 24.4 Å². The monoisotopic (exact) mass is 398 g/mol. The van der Waals surface area contributed by atoms with Gasteiger partial charge in [0.1, 0.15) is 5.75 Å². The molecule has 7 heteroatoms. The highest BCUT2D eigenvalue weighted by molar-refractivity contribution is 7.81. The molecule has 2 N–H and O–H groups in total. The molecule has 2 aromatic heterocycles. The average molecular weight is 399 g/mol. The summed E-state index contributed by atoms with van der Waals surface area (Å²) in [5, 5.41) is 27.5. The first-order chi connectivity index (χ1) is 13.1. The van der Waals surface area contributed by atoms with Gasteiger partial charge in [-0.05, 0) is 35.4 Å². The minimum absolute atomic E-state index is 0.128. The molecule has 3 rings (SSSR count). The molecule has 0 radical (unpaired) electrons. The van der Waals surface area contributed by atoms with Gasteiger partial charge in [0.05, 0.1) is 13.7 Å². The van der Waals surface area contributed by atoms with Crippen molar-refractivity contribution in [2.45, 2.75) is 6.61 Å². The van der Waals surface area contributed by atoms with E-state index in [0.29, 0.717) is 21.9 Å². The second-order valence-electron chi connectivity index (χ2n) is 5.62. The van der Waals surface area contributed by atoms with E-state index in [4.69, 9.17) is 17.0 Å². The largest absolute Gasteiger partial charge is 0.867 e. The minimum Gasteiger partial charge on any atom is -0.867 e. The minimum atomic E-state index is -0.189. The molecule has 1 aromatic carbocycles. The van der Waals surface area contributed by atoms with E-state index in [1.165, 1.54) is 11.3 Å². The molecule has 0 atom stereocenters. The molecule has 5 nitrogen and oxygen atoms in total. The number of aliphatic hydroxyl groups is 1. The molecule has 0 aliphatic rings. The lowest BCUT2D eigenvalue weighted by molar-refractivity contribution is -0.578. The molecule has 0 bridgehead atoms. The van der Waals surface area contributed by atoms with Crippen LogP contribution in [0.4, 0.5) is 5.69 Å². The number of nitrogens with one attached hydrogen (secondary N) is 1. The Balaban J connectivity index is 2.03. The second kappa shape index (κ2) is 8.77. The number of pyridine rings is 1. The molecule has 0 saturated carbocycles. The van der Waals surface area contributed by atoms with Gasteiger partial charge in [-0.2, -0.15) is 4.57 Å². The van der Waals surface area contributed by atoms with Crippen molar-refractivity contribution in [3.05, 3.63) is 76.7 Å². The highest BCUT2D eigenvalue weighted by atomic mass is 32.1. The highest BCUT2D eigenvalue weighted by Gasteiger charge is 2.20. The van der Waals surface area contributed by atoms with Crippen molar-refractivity contribution in [2.24, 2.45) is 0 Å². The molecule has 2 heterocycles. The number of nitrogens with zero attached hydrogens (tertiary/aromatic N) is 1. The van der Waals surface area contributed by atoms with E-state index in [9.17, 15) is 10.2 Å². The van der Waals surface area contributed by atoms with Gasteiger partial charge in [0.15, 0.2) is 17.4 Å². The SMILES string of the molecule is COc1cccc(NC(=S)C(=C([O-])c2cccs2)[n+]2cccc(CO)c2)c1. The summed E-state index contributed by atoms with van der Waals surface area (Å²) in [4.78, 5) is 0.864. The van der Waals surface area contributed by atoms with Gasteiger partial charge >= 0.3 is 0 Å². The van der Waals surface area contributed by atoms with Crippen molar-refractivity contribution in [2.75, 3.05) is 12.4 Å². The van der Waals surface area contributed by atoms with E-state index >= 15 is 0 Å². The number of methoxy groups -OCH3 is 1. The van der Waals surface area contributed by atoms with Crippen molar-refractivity contribution in [3.8, 4) is 5.75 Å². The first kappa shape index (κ1) is 19.0. The maximum Gasteiger partial charge on any atom is 0.239 e. The third-order valence-electron chi connectivity index (χ3n) is 3.81. The number of anilines is 1. The molecular formula is C20H18N2O3S2. The number of aliphatic hydroxyl groups excluding tert-OH is 1. The number of aromatic nitrogens is 1. The molecule has 0 amide bonds. The summed E-state index contributed by atoms with van der Waals surface area (Å²) in [6.45, 7) is -0.128. The summed E-state index contributed by atoms with van der Waals surface area (Å²) in [6, 6.07) is 14.4. The lowest BCUT2D eigenvalue weighted by Crippen LogP contribution is -2.40. The zero-order chi connectivity index (χ0) is 19.2. The van der Waals surface area contributed by atoms with Gasteiger partial charge < -0.3 is 20.3 Å². The summed E-state index contributed by atoms with van der Waals surface area (Å²) in [5.41, 5.74) is 1.71. The van der Waals surface area contributed by atoms with E-state index < -0.39 is 0 Å². The fourth-order valence-electron chi connectivity index (χ4n) is 2.51. The number of hydrogen-bond donors (Lipinski definition) is 2. The maximum atomic E-state index is 13.1. The second-order valence-corrected chi connectivity index (χ2v) is 6.97. The van der Waals surface area contributed by atoms with Gasteiger partial charge in [0.25, 0.3) is 0 Å². The van der Waals surface area contributed by atoms with Gasteiger partial charge in [0, 0.05) is 28.3 Å². The van der Waals surface area contributed by atoms with E-state index in [1.54, 1.807) is 48.3 Å². The van der Waals surface area contributed by atoms with E-state index in [1.807, 2.05) is 29.6 Å². The highest BCUT2D eigenvalue weighted by Crippen LogP contribution is 2.22. The molecular weight excluding hydrogens is 380 g/mol. The van der Waals surface area contributed by atoms with Crippen molar-refractivity contribution in [1.29, 1.82) is 0 Å².